The number of rotatable bonds is 4. The molecule has 0 atom stereocenters. The van der Waals surface area contributed by atoms with Crippen molar-refractivity contribution in [3.05, 3.63) is 58.6 Å². The molecule has 0 aliphatic carbocycles. The van der Waals surface area contributed by atoms with Crippen molar-refractivity contribution in [2.75, 3.05) is 4.72 Å². The average Bonchev–Trinajstić information content (AvgIpc) is 2.48. The maximum absolute atomic E-state index is 12.6. The van der Waals surface area contributed by atoms with Gasteiger partial charge in [0.2, 0.25) is 0 Å². The van der Waals surface area contributed by atoms with Crippen molar-refractivity contribution in [2.24, 2.45) is 0 Å². The van der Waals surface area contributed by atoms with Crippen molar-refractivity contribution < 1.29 is 13.2 Å². The predicted molar refractivity (Wildman–Crippen MR) is 97.4 cm³/mol. The van der Waals surface area contributed by atoms with E-state index in [0.717, 1.165) is 5.56 Å². The van der Waals surface area contributed by atoms with E-state index in [1.807, 2.05) is 0 Å². The van der Waals surface area contributed by atoms with Gasteiger partial charge in [0.15, 0.2) is 5.78 Å². The lowest BCUT2D eigenvalue weighted by Crippen LogP contribution is -2.16. The minimum atomic E-state index is -3.79. The molecule has 0 radical (unpaired) electrons. The van der Waals surface area contributed by atoms with Gasteiger partial charge in [-0.1, -0.05) is 44.5 Å². The number of carbonyl (C=O) groups is 1. The Morgan fingerprint density at radius 3 is 2.12 bits per heavy atom. The fourth-order valence-electron chi connectivity index (χ4n) is 2.23. The molecule has 0 aliphatic rings. The summed E-state index contributed by atoms with van der Waals surface area (Å²) in [5.41, 5.74) is 1.43. The topological polar surface area (TPSA) is 63.2 Å². The molecule has 24 heavy (non-hydrogen) atoms. The van der Waals surface area contributed by atoms with Crippen LogP contribution in [-0.4, -0.2) is 14.2 Å². The van der Waals surface area contributed by atoms with Crippen molar-refractivity contribution >= 4 is 33.1 Å². The SMILES string of the molecule is CC(=O)c1cc(Cl)ccc1NS(=O)(=O)c1ccc(C(C)(C)C)cc1. The monoisotopic (exact) mass is 365 g/mol. The highest BCUT2D eigenvalue weighted by molar-refractivity contribution is 7.92. The average molecular weight is 366 g/mol. The Morgan fingerprint density at radius 2 is 1.62 bits per heavy atom. The first-order valence-corrected chi connectivity index (χ1v) is 9.31. The van der Waals surface area contributed by atoms with Crippen molar-refractivity contribution in [1.82, 2.24) is 0 Å². The summed E-state index contributed by atoms with van der Waals surface area (Å²) in [7, 11) is -3.79. The van der Waals surface area contributed by atoms with Gasteiger partial charge >= 0.3 is 0 Å². The van der Waals surface area contributed by atoms with Gasteiger partial charge in [-0.15, -0.1) is 0 Å². The summed E-state index contributed by atoms with van der Waals surface area (Å²) in [5, 5.41) is 0.373. The molecule has 2 rings (SSSR count). The minimum absolute atomic E-state index is 0.0618. The van der Waals surface area contributed by atoms with Gasteiger partial charge in [0.1, 0.15) is 0 Å². The number of ketones is 1. The number of carbonyl (C=O) groups excluding carboxylic acids is 1. The first-order valence-electron chi connectivity index (χ1n) is 7.44. The highest BCUT2D eigenvalue weighted by Gasteiger charge is 2.19. The van der Waals surface area contributed by atoms with E-state index in [2.05, 4.69) is 25.5 Å². The predicted octanol–water partition coefficient (Wildman–Crippen LogP) is 4.64. The molecule has 0 aliphatic heterocycles. The van der Waals surface area contributed by atoms with Gasteiger partial charge in [-0.3, -0.25) is 9.52 Å². The molecule has 0 spiro atoms. The second-order valence-electron chi connectivity index (χ2n) is 6.63. The van der Waals surface area contributed by atoms with Crippen LogP contribution in [0.2, 0.25) is 5.02 Å². The molecule has 0 unspecified atom stereocenters. The lowest BCUT2D eigenvalue weighted by atomic mass is 9.87. The first kappa shape index (κ1) is 18.5. The number of sulfonamides is 1. The fraction of sp³-hybridized carbons (Fsp3) is 0.278. The molecule has 0 heterocycles. The third kappa shape index (κ3) is 4.16. The number of nitrogens with one attached hydrogen (secondary N) is 1. The summed E-state index contributed by atoms with van der Waals surface area (Å²) in [6.45, 7) is 7.53. The number of halogens is 1. The molecule has 0 aromatic heterocycles. The lowest BCUT2D eigenvalue weighted by molar-refractivity contribution is 0.101. The quantitative estimate of drug-likeness (QED) is 0.802. The zero-order chi connectivity index (χ0) is 18.1. The fourth-order valence-corrected chi connectivity index (χ4v) is 3.49. The summed E-state index contributed by atoms with van der Waals surface area (Å²) in [4.78, 5) is 11.8. The molecule has 128 valence electrons. The van der Waals surface area contributed by atoms with Crippen LogP contribution < -0.4 is 4.72 Å². The van der Waals surface area contributed by atoms with Gasteiger partial charge in [0.25, 0.3) is 10.0 Å². The maximum Gasteiger partial charge on any atom is 0.261 e. The number of benzene rings is 2. The summed E-state index contributed by atoms with van der Waals surface area (Å²) in [5.74, 6) is -0.265. The summed E-state index contributed by atoms with van der Waals surface area (Å²) in [6.07, 6.45) is 0. The minimum Gasteiger partial charge on any atom is -0.294 e. The molecule has 0 fully saturated rings. The maximum atomic E-state index is 12.6. The van der Waals surface area contributed by atoms with Gasteiger partial charge in [-0.05, 0) is 48.2 Å². The zero-order valence-electron chi connectivity index (χ0n) is 14.1. The van der Waals surface area contributed by atoms with Crippen molar-refractivity contribution in [2.45, 2.75) is 38.0 Å². The van der Waals surface area contributed by atoms with Crippen LogP contribution >= 0.6 is 11.6 Å². The second kappa shape index (κ2) is 6.57. The second-order valence-corrected chi connectivity index (χ2v) is 8.74. The van der Waals surface area contributed by atoms with E-state index in [4.69, 9.17) is 11.6 Å². The van der Waals surface area contributed by atoms with E-state index in [-0.39, 0.29) is 27.3 Å². The van der Waals surface area contributed by atoms with Crippen molar-refractivity contribution in [3.8, 4) is 0 Å². The van der Waals surface area contributed by atoms with Crippen LogP contribution in [0.5, 0.6) is 0 Å². The van der Waals surface area contributed by atoms with Crippen LogP contribution in [0.3, 0.4) is 0 Å². The van der Waals surface area contributed by atoms with Gasteiger partial charge in [0, 0.05) is 10.6 Å². The number of hydrogen-bond donors (Lipinski definition) is 1. The van der Waals surface area contributed by atoms with Crippen LogP contribution in [0.4, 0.5) is 5.69 Å². The lowest BCUT2D eigenvalue weighted by Gasteiger charge is -2.19. The largest absolute Gasteiger partial charge is 0.294 e. The molecule has 4 nitrogen and oxygen atoms in total. The Bertz CT molecular complexity index is 866. The normalized spacial score (nSPS) is 12.0. The Labute approximate surface area is 147 Å². The van der Waals surface area contributed by atoms with Crippen LogP contribution in [-0.2, 0) is 15.4 Å². The van der Waals surface area contributed by atoms with Crippen LogP contribution in [0.25, 0.3) is 0 Å². The molecular weight excluding hydrogens is 346 g/mol. The Balaban J connectivity index is 2.37. The standard InChI is InChI=1S/C18H20ClNO3S/c1-12(21)16-11-14(19)7-10-17(16)20-24(22,23)15-8-5-13(6-9-15)18(2,3)4/h5-11,20H,1-4H3. The van der Waals surface area contributed by atoms with Crippen molar-refractivity contribution in [1.29, 1.82) is 0 Å². The van der Waals surface area contributed by atoms with E-state index in [9.17, 15) is 13.2 Å². The first-order chi connectivity index (χ1) is 11.0. The van der Waals surface area contributed by atoms with Crippen LogP contribution in [0.15, 0.2) is 47.4 Å². The smallest absolute Gasteiger partial charge is 0.261 e. The van der Waals surface area contributed by atoms with E-state index in [1.54, 1.807) is 24.3 Å². The summed E-state index contributed by atoms with van der Waals surface area (Å²) >= 11 is 5.88. The molecule has 1 N–H and O–H groups in total. The third-order valence-electron chi connectivity index (χ3n) is 3.64. The molecule has 0 bridgehead atoms. The van der Waals surface area contributed by atoms with Gasteiger partial charge in [0.05, 0.1) is 10.6 Å². The molecule has 2 aromatic carbocycles. The molecule has 6 heteroatoms. The van der Waals surface area contributed by atoms with E-state index < -0.39 is 10.0 Å². The van der Waals surface area contributed by atoms with E-state index in [1.165, 1.54) is 25.1 Å². The Morgan fingerprint density at radius 1 is 1.04 bits per heavy atom. The Kier molecular flexibility index (Phi) is 5.06. The number of hydrogen-bond acceptors (Lipinski definition) is 3. The Hall–Kier alpha value is -1.85. The highest BCUT2D eigenvalue weighted by Crippen LogP contribution is 2.26. The molecule has 2 aromatic rings. The third-order valence-corrected chi connectivity index (χ3v) is 5.25. The molecule has 0 amide bonds. The van der Waals surface area contributed by atoms with Crippen LogP contribution in [0, 0.1) is 0 Å². The number of anilines is 1. The highest BCUT2D eigenvalue weighted by atomic mass is 35.5. The number of Topliss-reactive ketones (excluding diaryl/α,β-unsaturated/α-hetero) is 1. The van der Waals surface area contributed by atoms with Gasteiger partial charge in [-0.25, -0.2) is 8.42 Å². The van der Waals surface area contributed by atoms with Crippen LogP contribution in [0.1, 0.15) is 43.6 Å². The van der Waals surface area contributed by atoms with Gasteiger partial charge < -0.3 is 0 Å². The van der Waals surface area contributed by atoms with Gasteiger partial charge in [-0.2, -0.15) is 0 Å². The summed E-state index contributed by atoms with van der Waals surface area (Å²) < 4.78 is 27.6. The van der Waals surface area contributed by atoms with Crippen molar-refractivity contribution in [3.63, 3.8) is 0 Å². The van der Waals surface area contributed by atoms with E-state index in [0.29, 0.717) is 5.02 Å². The van der Waals surface area contributed by atoms with E-state index >= 15 is 0 Å². The molecular formula is C18H20ClNO3S. The molecule has 0 saturated heterocycles. The molecule has 0 saturated carbocycles. The summed E-state index contributed by atoms with van der Waals surface area (Å²) in [6, 6.07) is 11.2. The zero-order valence-corrected chi connectivity index (χ0v) is 15.6.